The van der Waals surface area contributed by atoms with Crippen molar-refractivity contribution in [3.63, 3.8) is 0 Å². The second-order valence-electron chi connectivity index (χ2n) is 10.7. The first-order valence-electron chi connectivity index (χ1n) is 15.4. The summed E-state index contributed by atoms with van der Waals surface area (Å²) in [5.41, 5.74) is 2.95. The van der Waals surface area contributed by atoms with Gasteiger partial charge in [-0.25, -0.2) is 0 Å². The number of rotatable bonds is 19. The molecule has 0 unspecified atom stereocenters. The van der Waals surface area contributed by atoms with Crippen molar-refractivity contribution >= 4 is 16.9 Å². The van der Waals surface area contributed by atoms with Crippen LogP contribution < -0.4 is 9.47 Å². The van der Waals surface area contributed by atoms with Crippen LogP contribution in [0.1, 0.15) is 108 Å². The molecule has 0 radical (unpaired) electrons. The van der Waals surface area contributed by atoms with Gasteiger partial charge in [-0.3, -0.25) is 4.79 Å². The van der Waals surface area contributed by atoms with E-state index in [1.54, 1.807) is 0 Å². The Morgan fingerprint density at radius 1 is 0.650 bits per heavy atom. The van der Waals surface area contributed by atoms with Crippen LogP contribution in [0.15, 0.2) is 77.7 Å². The summed E-state index contributed by atoms with van der Waals surface area (Å²) in [6.45, 7) is 7.38. The standard InChI is InChI=1S/C36H48O3S/c1-4-6-8-10-11-12-14-28-38-33-22-16-30(17-23-33)31-20-26-35(27-21-31)40-36(37)32-18-24-34(25-19-32)39-29(3)15-13-9-7-5-2/h16-27,29H,4-15,28H2,1-3H3/t29-/m0/s1. The molecule has 216 valence electrons. The van der Waals surface area contributed by atoms with Gasteiger partial charge in [0.2, 0.25) is 5.12 Å². The van der Waals surface area contributed by atoms with Crippen molar-refractivity contribution in [1.82, 2.24) is 0 Å². The van der Waals surface area contributed by atoms with E-state index in [4.69, 9.17) is 9.47 Å². The van der Waals surface area contributed by atoms with E-state index in [0.29, 0.717) is 5.56 Å². The van der Waals surface area contributed by atoms with Crippen molar-refractivity contribution in [2.24, 2.45) is 0 Å². The van der Waals surface area contributed by atoms with Crippen molar-refractivity contribution in [2.45, 2.75) is 109 Å². The molecular weight excluding hydrogens is 512 g/mol. The molecule has 0 bridgehead atoms. The fraction of sp³-hybridized carbons (Fsp3) is 0.472. The molecule has 0 saturated heterocycles. The van der Waals surface area contributed by atoms with E-state index in [-0.39, 0.29) is 11.2 Å². The number of thioether (sulfide) groups is 1. The molecule has 3 nitrogen and oxygen atoms in total. The Kier molecular flexibility index (Phi) is 14.8. The summed E-state index contributed by atoms with van der Waals surface area (Å²) < 4.78 is 12.0. The molecule has 0 aliphatic carbocycles. The lowest BCUT2D eigenvalue weighted by atomic mass is 10.1. The minimum Gasteiger partial charge on any atom is -0.494 e. The highest BCUT2D eigenvalue weighted by atomic mass is 32.2. The van der Waals surface area contributed by atoms with Crippen LogP contribution in [0.2, 0.25) is 0 Å². The van der Waals surface area contributed by atoms with Crippen molar-refractivity contribution in [3.8, 4) is 22.6 Å². The SMILES string of the molecule is CCCCCCCCCOc1ccc(-c2ccc(SC(=O)c3ccc(O[C@@H](C)CCCCCC)cc3)cc2)cc1. The van der Waals surface area contributed by atoms with Crippen LogP contribution in [-0.2, 0) is 0 Å². The minimum absolute atomic E-state index is 0.0365. The van der Waals surface area contributed by atoms with Gasteiger partial charge in [0.05, 0.1) is 12.7 Å². The first-order valence-corrected chi connectivity index (χ1v) is 16.2. The van der Waals surface area contributed by atoms with Gasteiger partial charge >= 0.3 is 0 Å². The third-order valence-corrected chi connectivity index (χ3v) is 8.09. The molecule has 3 aromatic rings. The second-order valence-corrected chi connectivity index (χ2v) is 11.8. The fourth-order valence-corrected chi connectivity index (χ4v) is 5.43. The summed E-state index contributed by atoms with van der Waals surface area (Å²) in [6.07, 6.45) is 15.2. The molecule has 0 heterocycles. The van der Waals surface area contributed by atoms with Gasteiger partial charge in [-0.05, 0) is 97.6 Å². The Labute approximate surface area is 247 Å². The van der Waals surface area contributed by atoms with E-state index >= 15 is 0 Å². The van der Waals surface area contributed by atoms with Crippen LogP contribution >= 0.6 is 11.8 Å². The van der Waals surface area contributed by atoms with Crippen LogP contribution in [0.3, 0.4) is 0 Å². The lowest BCUT2D eigenvalue weighted by molar-refractivity contribution is 0.108. The Hall–Kier alpha value is -2.72. The van der Waals surface area contributed by atoms with Gasteiger partial charge in [-0.15, -0.1) is 0 Å². The molecule has 0 saturated carbocycles. The number of hydrogen-bond acceptors (Lipinski definition) is 4. The molecular formula is C36H48O3S. The number of carbonyl (C=O) groups is 1. The minimum atomic E-state index is 0.0365. The molecule has 0 aromatic heterocycles. The van der Waals surface area contributed by atoms with Crippen molar-refractivity contribution in [3.05, 3.63) is 78.4 Å². The molecule has 0 fully saturated rings. The summed E-state index contributed by atoms with van der Waals surface area (Å²) in [4.78, 5) is 13.8. The zero-order valence-electron chi connectivity index (χ0n) is 24.8. The van der Waals surface area contributed by atoms with Crippen molar-refractivity contribution in [2.75, 3.05) is 6.61 Å². The normalized spacial score (nSPS) is 11.8. The third kappa shape index (κ3) is 11.8. The van der Waals surface area contributed by atoms with E-state index in [1.165, 1.54) is 76.0 Å². The van der Waals surface area contributed by atoms with Crippen LogP contribution in [0, 0.1) is 0 Å². The number of ether oxygens (including phenoxy) is 2. The number of hydrogen-bond donors (Lipinski definition) is 0. The molecule has 0 amide bonds. The zero-order valence-corrected chi connectivity index (χ0v) is 25.6. The van der Waals surface area contributed by atoms with Gasteiger partial charge in [0, 0.05) is 10.5 Å². The van der Waals surface area contributed by atoms with Crippen LogP contribution in [-0.4, -0.2) is 17.8 Å². The van der Waals surface area contributed by atoms with Gasteiger partial charge in [0.15, 0.2) is 0 Å². The summed E-state index contributed by atoms with van der Waals surface area (Å²) in [5, 5.41) is 0.0365. The Morgan fingerprint density at radius 3 is 1.80 bits per heavy atom. The number of unbranched alkanes of at least 4 members (excludes halogenated alkanes) is 9. The topological polar surface area (TPSA) is 35.5 Å². The summed E-state index contributed by atoms with van der Waals surface area (Å²) in [7, 11) is 0. The molecule has 0 spiro atoms. The van der Waals surface area contributed by atoms with Crippen LogP contribution in [0.4, 0.5) is 0 Å². The van der Waals surface area contributed by atoms with Crippen LogP contribution in [0.5, 0.6) is 11.5 Å². The van der Waals surface area contributed by atoms with Crippen molar-refractivity contribution < 1.29 is 14.3 Å². The zero-order chi connectivity index (χ0) is 28.4. The molecule has 4 heteroatoms. The maximum absolute atomic E-state index is 12.8. The Balaban J connectivity index is 1.41. The molecule has 3 rings (SSSR count). The maximum Gasteiger partial charge on any atom is 0.224 e. The van der Waals surface area contributed by atoms with Gasteiger partial charge in [0.1, 0.15) is 11.5 Å². The fourth-order valence-electron chi connectivity index (χ4n) is 4.69. The number of benzene rings is 3. The van der Waals surface area contributed by atoms with E-state index in [1.807, 2.05) is 48.5 Å². The first kappa shape index (κ1) is 31.8. The first-order chi connectivity index (χ1) is 19.6. The highest BCUT2D eigenvalue weighted by molar-refractivity contribution is 8.14. The monoisotopic (exact) mass is 560 g/mol. The molecule has 0 aliphatic rings. The Bertz CT molecular complexity index is 1090. The molecule has 0 aliphatic heterocycles. The summed E-state index contributed by atoms with van der Waals surface area (Å²) in [6, 6.07) is 24.0. The molecule has 3 aromatic carbocycles. The maximum atomic E-state index is 12.8. The van der Waals surface area contributed by atoms with E-state index in [0.717, 1.165) is 47.0 Å². The third-order valence-electron chi connectivity index (χ3n) is 7.16. The van der Waals surface area contributed by atoms with Crippen molar-refractivity contribution in [1.29, 1.82) is 0 Å². The average Bonchev–Trinajstić information content (AvgIpc) is 2.98. The highest BCUT2D eigenvalue weighted by Crippen LogP contribution is 2.28. The van der Waals surface area contributed by atoms with Gasteiger partial charge in [0.25, 0.3) is 0 Å². The predicted molar refractivity (Wildman–Crippen MR) is 171 cm³/mol. The number of carbonyl (C=O) groups excluding carboxylic acids is 1. The summed E-state index contributed by atoms with van der Waals surface area (Å²) >= 11 is 1.26. The van der Waals surface area contributed by atoms with E-state index in [9.17, 15) is 4.79 Å². The molecule has 1 atom stereocenters. The average molecular weight is 561 g/mol. The van der Waals surface area contributed by atoms with E-state index in [2.05, 4.69) is 45.0 Å². The highest BCUT2D eigenvalue weighted by Gasteiger charge is 2.10. The largest absolute Gasteiger partial charge is 0.494 e. The van der Waals surface area contributed by atoms with E-state index < -0.39 is 0 Å². The van der Waals surface area contributed by atoms with Gasteiger partial charge in [-0.1, -0.05) is 95.9 Å². The molecule has 40 heavy (non-hydrogen) atoms. The lowest BCUT2D eigenvalue weighted by Gasteiger charge is -2.14. The molecule has 0 N–H and O–H groups in total. The summed E-state index contributed by atoms with van der Waals surface area (Å²) in [5.74, 6) is 1.74. The van der Waals surface area contributed by atoms with Crippen LogP contribution in [0.25, 0.3) is 11.1 Å². The lowest BCUT2D eigenvalue weighted by Crippen LogP contribution is -2.11. The smallest absolute Gasteiger partial charge is 0.224 e. The quantitative estimate of drug-likeness (QED) is 0.108. The Morgan fingerprint density at radius 2 is 1.18 bits per heavy atom. The van der Waals surface area contributed by atoms with Gasteiger partial charge in [-0.2, -0.15) is 0 Å². The predicted octanol–water partition coefficient (Wildman–Crippen LogP) is 11.2. The van der Waals surface area contributed by atoms with Gasteiger partial charge < -0.3 is 9.47 Å². The second kappa shape index (κ2) is 18.6.